The quantitative estimate of drug-likeness (QED) is 0.306. The minimum absolute atomic E-state index is 0. The van der Waals surface area contributed by atoms with Gasteiger partial charge in [-0.05, 0) is 64.4 Å². The zero-order valence-electron chi connectivity index (χ0n) is 21.6. The fourth-order valence-corrected chi connectivity index (χ4v) is 5.40. The van der Waals surface area contributed by atoms with E-state index in [0.717, 1.165) is 29.6 Å². The van der Waals surface area contributed by atoms with E-state index in [1.807, 2.05) is 86.2 Å². The fraction of sp³-hybridized carbons (Fsp3) is 0.148. The van der Waals surface area contributed by atoms with E-state index in [9.17, 15) is 31.0 Å². The van der Waals surface area contributed by atoms with Crippen molar-refractivity contribution in [1.82, 2.24) is 0 Å². The number of hydrogen-bond donors (Lipinski definition) is 3. The third-order valence-electron chi connectivity index (χ3n) is 6.22. The number of allylic oxidation sites excluding steroid dienone is 5. The zero-order chi connectivity index (χ0) is 28.0. The van der Waals surface area contributed by atoms with Crippen LogP contribution in [0.5, 0.6) is 5.75 Å². The molecule has 10 nitrogen and oxygen atoms in total. The molecule has 0 saturated carbocycles. The van der Waals surface area contributed by atoms with Crippen LogP contribution in [0.2, 0.25) is 0 Å². The molecule has 39 heavy (non-hydrogen) atoms. The van der Waals surface area contributed by atoms with Crippen molar-refractivity contribution in [2.24, 2.45) is 0 Å². The van der Waals surface area contributed by atoms with Gasteiger partial charge in [0.05, 0.1) is 4.90 Å². The monoisotopic (exact) mass is 572 g/mol. The molecule has 0 saturated heterocycles. The van der Waals surface area contributed by atoms with E-state index in [4.69, 9.17) is 0 Å². The lowest BCUT2D eigenvalue weighted by Gasteiger charge is -2.20. The Balaban J connectivity index is 0.00000420. The van der Waals surface area contributed by atoms with Crippen molar-refractivity contribution in [3.05, 3.63) is 89.5 Å². The summed E-state index contributed by atoms with van der Waals surface area (Å²) in [5.41, 5.74) is 3.62. The van der Waals surface area contributed by atoms with Crippen LogP contribution in [0.25, 0.3) is 16.3 Å². The minimum atomic E-state index is -4.92. The van der Waals surface area contributed by atoms with Crippen molar-refractivity contribution in [2.45, 2.75) is 9.79 Å². The van der Waals surface area contributed by atoms with E-state index >= 15 is 0 Å². The van der Waals surface area contributed by atoms with Gasteiger partial charge in [-0.1, -0.05) is 18.2 Å². The van der Waals surface area contributed by atoms with Gasteiger partial charge < -0.3 is 15.5 Å². The summed E-state index contributed by atoms with van der Waals surface area (Å²) in [6, 6.07) is 12.0. The van der Waals surface area contributed by atoms with Gasteiger partial charge in [0.2, 0.25) is 0 Å². The molecule has 0 spiro atoms. The molecule has 0 fully saturated rings. The maximum atomic E-state index is 12.3. The van der Waals surface area contributed by atoms with Gasteiger partial charge in [-0.15, -0.1) is 0 Å². The molecule has 0 bridgehead atoms. The van der Waals surface area contributed by atoms with Gasteiger partial charge >= 0.3 is 0 Å². The molecule has 0 amide bonds. The summed E-state index contributed by atoms with van der Waals surface area (Å²) in [6.45, 7) is 0. The first-order valence-corrected chi connectivity index (χ1v) is 14.2. The van der Waals surface area contributed by atoms with Crippen LogP contribution in [-0.4, -0.2) is 75.0 Å². The van der Waals surface area contributed by atoms with Gasteiger partial charge in [0.15, 0.2) is 5.71 Å². The SMILES string of the molecule is CN(C)c1ccc(C(=C2C=CC(=[N+](C)C)C=C2)c2c(O)c(S(=O)(=O)O)cc3cc(S(=O)(=O)O)ccc23)cc1.[OH-]. The van der Waals surface area contributed by atoms with E-state index < -0.39 is 35.8 Å². The maximum absolute atomic E-state index is 12.3. The van der Waals surface area contributed by atoms with E-state index in [1.165, 1.54) is 6.07 Å². The largest absolute Gasteiger partial charge is 0.870 e. The molecule has 206 valence electrons. The van der Waals surface area contributed by atoms with Gasteiger partial charge in [0.1, 0.15) is 24.7 Å². The average Bonchev–Trinajstić information content (AvgIpc) is 2.84. The Hall–Kier alpha value is -3.81. The normalized spacial score (nSPS) is 13.4. The number of rotatable bonds is 5. The van der Waals surface area contributed by atoms with Crippen LogP contribution in [0.1, 0.15) is 11.1 Å². The summed E-state index contributed by atoms with van der Waals surface area (Å²) in [4.78, 5) is 0.660. The third-order valence-corrected chi connectivity index (χ3v) is 7.94. The van der Waals surface area contributed by atoms with Crippen LogP contribution in [0.15, 0.2) is 88.2 Å². The molecule has 4 rings (SSSR count). The Labute approximate surface area is 227 Å². The molecule has 1 aliphatic carbocycles. The Morgan fingerprint density at radius 2 is 1.41 bits per heavy atom. The van der Waals surface area contributed by atoms with Crippen LogP contribution in [0.4, 0.5) is 5.69 Å². The first-order chi connectivity index (χ1) is 17.7. The number of anilines is 1. The Kier molecular flexibility index (Phi) is 8.20. The summed E-state index contributed by atoms with van der Waals surface area (Å²) >= 11 is 0. The lowest BCUT2D eigenvalue weighted by atomic mass is 9.87. The Morgan fingerprint density at radius 3 is 1.90 bits per heavy atom. The molecular formula is C27H28N2O8S2. The highest BCUT2D eigenvalue weighted by Crippen LogP contribution is 2.43. The molecule has 0 unspecified atom stereocenters. The second-order valence-electron chi connectivity index (χ2n) is 9.19. The van der Waals surface area contributed by atoms with Gasteiger partial charge in [0, 0.05) is 43.1 Å². The molecule has 0 aromatic heterocycles. The van der Waals surface area contributed by atoms with Crippen LogP contribution in [-0.2, 0) is 20.2 Å². The molecule has 0 atom stereocenters. The smallest absolute Gasteiger partial charge is 0.298 e. The Morgan fingerprint density at radius 1 is 0.821 bits per heavy atom. The van der Waals surface area contributed by atoms with Crippen molar-refractivity contribution in [1.29, 1.82) is 0 Å². The van der Waals surface area contributed by atoms with Crippen molar-refractivity contribution >= 4 is 48.0 Å². The second-order valence-corrected chi connectivity index (χ2v) is 12.0. The number of nitrogens with zero attached hydrogens (tertiary/aromatic N) is 2. The first-order valence-electron chi connectivity index (χ1n) is 11.4. The lowest BCUT2D eigenvalue weighted by Crippen LogP contribution is -2.10. The van der Waals surface area contributed by atoms with Gasteiger partial charge in [-0.3, -0.25) is 9.11 Å². The van der Waals surface area contributed by atoms with Gasteiger partial charge in [0.25, 0.3) is 20.2 Å². The first kappa shape index (κ1) is 29.7. The summed E-state index contributed by atoms with van der Waals surface area (Å²) < 4.78 is 69.5. The summed E-state index contributed by atoms with van der Waals surface area (Å²) in [7, 11) is -1.96. The van der Waals surface area contributed by atoms with E-state index in [0.29, 0.717) is 22.1 Å². The van der Waals surface area contributed by atoms with Crippen LogP contribution in [0.3, 0.4) is 0 Å². The fourth-order valence-electron chi connectivity index (χ4n) is 4.27. The molecule has 3 aromatic carbocycles. The van der Waals surface area contributed by atoms with E-state index in [-0.39, 0.29) is 16.4 Å². The molecule has 4 N–H and O–H groups in total. The van der Waals surface area contributed by atoms with E-state index in [2.05, 4.69) is 0 Å². The predicted octanol–water partition coefficient (Wildman–Crippen LogP) is 3.57. The number of benzene rings is 3. The summed E-state index contributed by atoms with van der Waals surface area (Å²) in [5, 5.41) is 11.7. The average molecular weight is 573 g/mol. The highest BCUT2D eigenvalue weighted by molar-refractivity contribution is 7.86. The number of aromatic hydroxyl groups is 1. The number of phenolic OH excluding ortho intramolecular Hbond substituents is 1. The molecule has 1 aliphatic rings. The van der Waals surface area contributed by atoms with E-state index in [1.54, 1.807) is 0 Å². The van der Waals surface area contributed by atoms with Crippen molar-refractivity contribution in [3.63, 3.8) is 0 Å². The molecule has 0 aliphatic heterocycles. The predicted molar refractivity (Wildman–Crippen MR) is 149 cm³/mol. The molecule has 3 aromatic rings. The molecule has 0 heterocycles. The van der Waals surface area contributed by atoms with Crippen molar-refractivity contribution in [3.8, 4) is 5.75 Å². The van der Waals surface area contributed by atoms with Gasteiger partial charge in [-0.2, -0.15) is 16.8 Å². The molecular weight excluding hydrogens is 544 g/mol. The lowest BCUT2D eigenvalue weighted by molar-refractivity contribution is -0.462. The minimum Gasteiger partial charge on any atom is -0.870 e. The highest BCUT2D eigenvalue weighted by atomic mass is 32.2. The highest BCUT2D eigenvalue weighted by Gasteiger charge is 2.26. The van der Waals surface area contributed by atoms with Crippen LogP contribution >= 0.6 is 0 Å². The van der Waals surface area contributed by atoms with Crippen molar-refractivity contribution in [2.75, 3.05) is 33.1 Å². The van der Waals surface area contributed by atoms with Gasteiger partial charge in [-0.25, -0.2) is 4.58 Å². The number of hydrogen-bond acceptors (Lipinski definition) is 7. The maximum Gasteiger partial charge on any atom is 0.298 e. The summed E-state index contributed by atoms with van der Waals surface area (Å²) in [6.07, 6.45) is 7.38. The van der Waals surface area contributed by atoms with Crippen molar-refractivity contribution < 1.29 is 41.1 Å². The topological polar surface area (TPSA) is 165 Å². The molecule has 0 radical (unpaired) electrons. The number of fused-ring (bicyclic) bond motifs is 1. The zero-order valence-corrected chi connectivity index (χ0v) is 23.2. The molecule has 12 heteroatoms. The standard InChI is InChI=1S/C27H26N2O7S2.H2O/c1-28(2)20-9-5-17(6-10-20)25(18-7-11-21(12-8-18)29(3)4)26-23-14-13-22(37(31,32)33)15-19(23)16-24(27(26)30)38(34,35)36;/h5-16H,1-4H3,(H2,31,32,33,34,35,36);1H2. The summed E-state index contributed by atoms with van der Waals surface area (Å²) in [5.74, 6) is -0.692. The van der Waals surface area contributed by atoms with Crippen LogP contribution < -0.4 is 4.90 Å². The third kappa shape index (κ3) is 5.95. The Bertz CT molecular complexity index is 1780. The number of phenols is 1. The second kappa shape index (κ2) is 10.8. The van der Waals surface area contributed by atoms with Crippen LogP contribution in [0, 0.1) is 0 Å².